The van der Waals surface area contributed by atoms with E-state index in [1.165, 1.54) is 0 Å². The topological polar surface area (TPSA) is 81.1 Å². The number of aliphatic hydroxyl groups is 1. The Hall–Kier alpha value is -1.30. The fraction of sp³-hybridized carbons (Fsp3) is 0.867. The van der Waals surface area contributed by atoms with Crippen molar-refractivity contribution in [3.05, 3.63) is 0 Å². The van der Waals surface area contributed by atoms with Crippen LogP contribution in [0.3, 0.4) is 0 Å². The molecule has 122 valence electrons. The lowest BCUT2D eigenvalue weighted by Gasteiger charge is -2.38. The van der Waals surface area contributed by atoms with Gasteiger partial charge in [-0.3, -0.25) is 4.79 Å². The van der Waals surface area contributed by atoms with E-state index in [2.05, 4.69) is 0 Å². The molecule has 1 aliphatic rings. The van der Waals surface area contributed by atoms with Gasteiger partial charge in [0.2, 0.25) is 0 Å². The fourth-order valence-corrected chi connectivity index (χ4v) is 2.73. The first-order chi connectivity index (χ1) is 9.82. The monoisotopic (exact) mass is 300 g/mol. The standard InChI is InChI=1S/C15H28N2O4/c1-11(2)17(8-4-5-14(19)20)15(21)16-9-6-13(7-10-16)12(3)18/h11-13,18H,4-10H2,1-3H3,(H,19,20). The lowest BCUT2D eigenvalue weighted by atomic mass is 9.92. The normalized spacial score (nSPS) is 17.9. The Bertz CT molecular complexity index is 350. The van der Waals surface area contributed by atoms with Gasteiger partial charge in [-0.15, -0.1) is 0 Å². The minimum Gasteiger partial charge on any atom is -0.481 e. The molecule has 0 spiro atoms. The number of aliphatic carboxylic acids is 1. The van der Waals surface area contributed by atoms with Crippen LogP contribution in [-0.2, 0) is 4.79 Å². The summed E-state index contributed by atoms with van der Waals surface area (Å²) in [6, 6.07) is 0.0419. The van der Waals surface area contributed by atoms with Gasteiger partial charge in [-0.2, -0.15) is 0 Å². The van der Waals surface area contributed by atoms with Crippen molar-refractivity contribution >= 4 is 12.0 Å². The number of rotatable bonds is 6. The van der Waals surface area contributed by atoms with E-state index in [1.807, 2.05) is 18.7 Å². The molecule has 6 nitrogen and oxygen atoms in total. The minimum atomic E-state index is -0.830. The average Bonchev–Trinajstić information content (AvgIpc) is 2.42. The van der Waals surface area contributed by atoms with Crippen LogP contribution >= 0.6 is 0 Å². The van der Waals surface area contributed by atoms with Crippen LogP contribution in [0.5, 0.6) is 0 Å². The van der Waals surface area contributed by atoms with E-state index < -0.39 is 5.97 Å². The van der Waals surface area contributed by atoms with Gasteiger partial charge in [-0.1, -0.05) is 0 Å². The van der Waals surface area contributed by atoms with Gasteiger partial charge < -0.3 is 20.0 Å². The van der Waals surface area contributed by atoms with E-state index in [-0.39, 0.29) is 30.5 Å². The number of piperidine rings is 1. The molecule has 1 saturated heterocycles. The van der Waals surface area contributed by atoms with Crippen LogP contribution in [0.4, 0.5) is 4.79 Å². The number of carbonyl (C=O) groups excluding carboxylic acids is 1. The number of carbonyl (C=O) groups is 2. The van der Waals surface area contributed by atoms with E-state index >= 15 is 0 Å². The highest BCUT2D eigenvalue weighted by Crippen LogP contribution is 2.22. The molecule has 6 heteroatoms. The molecular formula is C15H28N2O4. The molecule has 2 amide bonds. The van der Waals surface area contributed by atoms with Crippen molar-refractivity contribution in [1.82, 2.24) is 9.80 Å². The molecule has 0 saturated carbocycles. The number of hydrogen-bond donors (Lipinski definition) is 2. The maximum Gasteiger partial charge on any atom is 0.320 e. The molecule has 0 aromatic heterocycles. The van der Waals surface area contributed by atoms with Crippen molar-refractivity contribution in [2.45, 2.75) is 58.6 Å². The fourth-order valence-electron chi connectivity index (χ4n) is 2.73. The van der Waals surface area contributed by atoms with Gasteiger partial charge in [-0.05, 0) is 46.0 Å². The number of amides is 2. The van der Waals surface area contributed by atoms with Crippen molar-refractivity contribution in [2.75, 3.05) is 19.6 Å². The Labute approximate surface area is 126 Å². The van der Waals surface area contributed by atoms with Crippen LogP contribution in [0.15, 0.2) is 0 Å². The highest BCUT2D eigenvalue weighted by molar-refractivity contribution is 5.75. The molecule has 0 radical (unpaired) electrons. The number of urea groups is 1. The first-order valence-corrected chi connectivity index (χ1v) is 7.78. The van der Waals surface area contributed by atoms with E-state index in [9.17, 15) is 14.7 Å². The van der Waals surface area contributed by atoms with Crippen LogP contribution in [0.25, 0.3) is 0 Å². The second-order valence-corrected chi connectivity index (χ2v) is 6.13. The molecule has 1 fully saturated rings. The molecule has 1 heterocycles. The molecule has 21 heavy (non-hydrogen) atoms. The summed E-state index contributed by atoms with van der Waals surface area (Å²) in [5.74, 6) is -0.558. The molecule has 1 rings (SSSR count). The predicted octanol–water partition coefficient (Wildman–Crippen LogP) is 1.77. The van der Waals surface area contributed by atoms with E-state index in [4.69, 9.17) is 5.11 Å². The van der Waals surface area contributed by atoms with Gasteiger partial charge in [-0.25, -0.2) is 4.79 Å². The molecular weight excluding hydrogens is 272 g/mol. The summed E-state index contributed by atoms with van der Waals surface area (Å²) in [6.45, 7) is 7.49. The summed E-state index contributed by atoms with van der Waals surface area (Å²) in [6.07, 6.45) is 1.89. The molecule has 1 unspecified atom stereocenters. The van der Waals surface area contributed by atoms with Crippen LogP contribution in [0, 0.1) is 5.92 Å². The molecule has 0 aliphatic carbocycles. The summed E-state index contributed by atoms with van der Waals surface area (Å²) in [4.78, 5) is 26.7. The minimum absolute atomic E-state index is 0.0144. The van der Waals surface area contributed by atoms with Gasteiger partial charge in [0.25, 0.3) is 0 Å². The van der Waals surface area contributed by atoms with Crippen molar-refractivity contribution in [3.8, 4) is 0 Å². The molecule has 2 N–H and O–H groups in total. The second kappa shape index (κ2) is 8.22. The Morgan fingerprint density at radius 3 is 2.24 bits per heavy atom. The zero-order chi connectivity index (χ0) is 16.0. The summed E-state index contributed by atoms with van der Waals surface area (Å²) < 4.78 is 0. The largest absolute Gasteiger partial charge is 0.481 e. The SMILES string of the molecule is CC(O)C1CCN(C(=O)N(CCCC(=O)O)C(C)C)CC1. The Morgan fingerprint density at radius 1 is 1.24 bits per heavy atom. The molecule has 0 bridgehead atoms. The smallest absolute Gasteiger partial charge is 0.320 e. The lowest BCUT2D eigenvalue weighted by Crippen LogP contribution is -2.50. The highest BCUT2D eigenvalue weighted by atomic mass is 16.4. The second-order valence-electron chi connectivity index (χ2n) is 6.13. The molecule has 0 aromatic rings. The summed E-state index contributed by atoms with van der Waals surface area (Å²) in [5.41, 5.74) is 0. The van der Waals surface area contributed by atoms with Crippen LogP contribution in [0.1, 0.15) is 46.5 Å². The van der Waals surface area contributed by atoms with Gasteiger partial charge in [0.05, 0.1) is 6.10 Å². The Kier molecular flexibility index (Phi) is 6.95. The van der Waals surface area contributed by atoms with Gasteiger partial charge in [0.1, 0.15) is 0 Å². The zero-order valence-corrected chi connectivity index (χ0v) is 13.3. The highest BCUT2D eigenvalue weighted by Gasteiger charge is 2.28. The first kappa shape index (κ1) is 17.8. The van der Waals surface area contributed by atoms with E-state index in [0.717, 1.165) is 12.8 Å². The summed E-state index contributed by atoms with van der Waals surface area (Å²) in [5, 5.41) is 18.3. The van der Waals surface area contributed by atoms with Crippen molar-refractivity contribution in [3.63, 3.8) is 0 Å². The first-order valence-electron chi connectivity index (χ1n) is 7.78. The zero-order valence-electron chi connectivity index (χ0n) is 13.3. The molecule has 1 atom stereocenters. The van der Waals surface area contributed by atoms with Crippen LogP contribution in [-0.4, -0.2) is 63.8 Å². The molecule has 1 aliphatic heterocycles. The van der Waals surface area contributed by atoms with E-state index in [1.54, 1.807) is 11.8 Å². The lowest BCUT2D eigenvalue weighted by molar-refractivity contribution is -0.137. The van der Waals surface area contributed by atoms with Crippen molar-refractivity contribution in [1.29, 1.82) is 0 Å². The third-order valence-electron chi connectivity index (χ3n) is 4.15. The Balaban J connectivity index is 2.51. The van der Waals surface area contributed by atoms with Crippen molar-refractivity contribution in [2.24, 2.45) is 5.92 Å². The van der Waals surface area contributed by atoms with Crippen LogP contribution in [0.2, 0.25) is 0 Å². The van der Waals surface area contributed by atoms with Gasteiger partial charge >= 0.3 is 12.0 Å². The number of carboxylic acids is 1. The van der Waals surface area contributed by atoms with Crippen LogP contribution < -0.4 is 0 Å². The number of nitrogens with zero attached hydrogens (tertiary/aromatic N) is 2. The average molecular weight is 300 g/mol. The number of likely N-dealkylation sites (tertiary alicyclic amines) is 1. The third-order valence-corrected chi connectivity index (χ3v) is 4.15. The van der Waals surface area contributed by atoms with Crippen molar-refractivity contribution < 1.29 is 19.8 Å². The van der Waals surface area contributed by atoms with Gasteiger partial charge in [0, 0.05) is 32.1 Å². The summed E-state index contributed by atoms with van der Waals surface area (Å²) in [7, 11) is 0. The number of hydrogen-bond acceptors (Lipinski definition) is 3. The summed E-state index contributed by atoms with van der Waals surface area (Å²) >= 11 is 0. The van der Waals surface area contributed by atoms with Gasteiger partial charge in [0.15, 0.2) is 0 Å². The molecule has 0 aromatic carbocycles. The Morgan fingerprint density at radius 2 is 1.81 bits per heavy atom. The predicted molar refractivity (Wildman–Crippen MR) is 80.1 cm³/mol. The van der Waals surface area contributed by atoms with E-state index in [0.29, 0.717) is 26.1 Å². The quantitative estimate of drug-likeness (QED) is 0.783. The maximum atomic E-state index is 12.5. The number of aliphatic hydroxyl groups excluding tert-OH is 1. The number of carboxylic acid groups (broad SMARTS) is 1. The maximum absolute atomic E-state index is 12.5. The third kappa shape index (κ3) is 5.53.